The van der Waals surface area contributed by atoms with Crippen LogP contribution in [-0.4, -0.2) is 594 Å². The fourth-order valence-corrected chi connectivity index (χ4v) is 18.2. The van der Waals surface area contributed by atoms with Crippen molar-refractivity contribution in [2.24, 2.45) is 0 Å². The van der Waals surface area contributed by atoms with Crippen LogP contribution in [0.1, 0.15) is 41.5 Å². The fraction of sp³-hybridized carbons (Fsp3) is 0.923. The first kappa shape index (κ1) is 115. The van der Waals surface area contributed by atoms with Crippen molar-refractivity contribution in [1.82, 2.24) is 31.9 Å². The van der Waals surface area contributed by atoms with E-state index in [1.165, 1.54) is 0 Å². The highest BCUT2D eigenvalue weighted by molar-refractivity contribution is 5.75. The van der Waals surface area contributed by atoms with Gasteiger partial charge >= 0.3 is 0 Å². The van der Waals surface area contributed by atoms with Gasteiger partial charge in [0.2, 0.25) is 35.4 Å². The minimum atomic E-state index is -2.90. The number of carbonyl (C=O) groups is 6. The summed E-state index contributed by atoms with van der Waals surface area (Å²) in [6.45, 7) is -8.11. The second-order valence-corrected chi connectivity index (χ2v) is 35.2. The van der Waals surface area contributed by atoms with Crippen molar-refractivity contribution in [2.75, 3.05) is 72.7 Å². The van der Waals surface area contributed by atoms with Crippen LogP contribution in [-0.2, 0) is 128 Å². The highest BCUT2D eigenvalue weighted by Gasteiger charge is 2.64. The molecule has 35 N–H and O–H groups in total. The molecule has 11 fully saturated rings. The van der Waals surface area contributed by atoms with Crippen LogP contribution in [0.15, 0.2) is 0 Å². The van der Waals surface area contributed by atoms with Crippen LogP contribution in [0, 0.1) is 0 Å². The van der Waals surface area contributed by atoms with Gasteiger partial charge in [-0.05, 0) is 0 Å². The molecule has 62 heteroatoms. The Bertz CT molecular complexity index is 3920. The molecule has 0 aromatic carbocycles. The second kappa shape index (κ2) is 50.7. The van der Waals surface area contributed by atoms with E-state index in [2.05, 4.69) is 31.9 Å². The number of ether oxygens (including phenoxy) is 21. The molecule has 0 aromatic rings. The number of hydrogen-bond acceptors (Lipinski definition) is 56. The van der Waals surface area contributed by atoms with Crippen LogP contribution >= 0.6 is 0 Å². The molecule has 11 aliphatic heterocycles. The summed E-state index contributed by atoms with van der Waals surface area (Å²) in [5.74, 6) is -6.03. The fourth-order valence-electron chi connectivity index (χ4n) is 18.2. The number of aliphatic hydroxyl groups is 29. The molecular weight excluding hydrogens is 1920 g/mol. The summed E-state index contributed by atoms with van der Waals surface area (Å²) >= 11 is 0. The van der Waals surface area contributed by atoms with Gasteiger partial charge in [0.25, 0.3) is 0 Å². The Kier molecular flexibility index (Phi) is 41.7. The average Bonchev–Trinajstić information content (AvgIpc) is 0.749. The number of hydrogen-bond donors (Lipinski definition) is 35. The molecule has 0 aromatic heterocycles. The van der Waals surface area contributed by atoms with Gasteiger partial charge in [0, 0.05) is 41.5 Å². The molecule has 6 amide bonds. The number of nitrogens with one attached hydrogen (secondary N) is 6. The standard InChI is InChI=1S/C78H130N6O56/c1-18(95)79-35-48(108)59(29(12-90)121-68(35)119)132-71-38(82-21(4)98)50(110)62(32(15-93)127-71)136-76-58(118)65(64(137-69-36(80-19(2)96)46(106)41(101)24(7-85)122-69)34(131-76)17-120-77-66(54(114)45(105)28(11-89)126-77)139-70-37(81-20(3)97)47(107)42(102)25(8-86)123-70)138-78-67(140-73-40(84-23(6)100)51(111)61(31(14-92)129-73)135-75-56(116)53(113)44(104)27(10-88)125-75)57(117)63(33(16-94)130-78)133-72-39(83-22(5)99)49(109)60(30(13-91)128-72)134-74-55(115)52(112)43(103)26(9-87)124-74/h24-78,85-94,101-119H,7-17H2,1-6H3,(H,79,95)(H,80,96)(H,81,97)(H,82,98)(H,83,99)(H,84,100)/t24-,25-,26-,27-,28-,29-,30-,31-,32-,33-,34-,35-,36-,37-,38-,39-,40-,41-,42-,43+,44+,45-,46-,47-,48-,49-,50-,51-,52+,53+,54+,55-,56-,57+,58+,59-,60-,61-,62-,63-,64-,65-,66+,67+,68-,69+,70+,71+,72+,73+,74+,75+,76+,77+,78-/m1/s1. The molecule has 0 unspecified atom stereocenters. The van der Waals surface area contributed by atoms with Gasteiger partial charge in [0.15, 0.2) is 69.2 Å². The van der Waals surface area contributed by atoms with Gasteiger partial charge in [-0.2, -0.15) is 0 Å². The zero-order chi connectivity index (χ0) is 103. The summed E-state index contributed by atoms with van der Waals surface area (Å²) < 4.78 is 129. The van der Waals surface area contributed by atoms with Crippen molar-refractivity contribution in [3.8, 4) is 0 Å². The molecule has 11 heterocycles. The van der Waals surface area contributed by atoms with Crippen molar-refractivity contribution in [1.29, 1.82) is 0 Å². The molecule has 11 saturated heterocycles. The number of amides is 6. The zero-order valence-electron chi connectivity index (χ0n) is 75.5. The predicted octanol–water partition coefficient (Wildman–Crippen LogP) is -24.1. The molecule has 140 heavy (non-hydrogen) atoms. The third kappa shape index (κ3) is 25.7. The minimum absolute atomic E-state index is 0.846. The molecule has 808 valence electrons. The lowest BCUT2D eigenvalue weighted by Gasteiger charge is -2.53. The Hall–Kier alpha value is -5.18. The van der Waals surface area contributed by atoms with E-state index in [4.69, 9.17) is 99.5 Å². The first-order chi connectivity index (χ1) is 66.3. The van der Waals surface area contributed by atoms with Gasteiger partial charge in [0.05, 0.1) is 72.7 Å². The molecule has 0 saturated carbocycles. The van der Waals surface area contributed by atoms with E-state index in [9.17, 15) is 177 Å². The largest absolute Gasteiger partial charge is 0.394 e. The molecular formula is C78H130N6O56. The SMILES string of the molecule is CC(=O)N[C@@H]1[C@@H](O)[C@H](O[C@@H]2O[C@H](CO)[C@@H](O[C@@H]3O[C@H](CO[C@H]4O[C@H](CO)[C@@H](O)[C@H](O)[C@@H]4O[C@@H]4O[C@H](CO)[C@@H](O)[C@H](O)[C@H]4NC(C)=O)[C@@H](O[C@@H]4O[C@H](CO)[C@@H](O)[C@H](O)[C@H]4NC(C)=O)[C@H](O[C@H]4O[C@H](CO)[C@@H](O[C@@H]5O[C@H](CO)[C@@H](O[C@@H]6O[C@H](CO)[C@H](O)[C@H](O)[C@H]6O)[C@H](O)[C@H]5NC(C)=O)[C@H](O)[C@@H]4O[C@@H]4O[C@H](CO)[C@@H](O[C@@H]5O[C@H](CO)[C@H](O)[C@H](O)[C@H]5O)[C@H](O)[C@H]4NC(C)=O)[C@@H]3O)[C@H](O)[C@H]2NC(C)=O)[C@@H](CO)O[C@H]1O. The maximum absolute atomic E-state index is 13.7. The Labute approximate surface area is 792 Å². The van der Waals surface area contributed by atoms with Crippen molar-refractivity contribution in [2.45, 2.75) is 379 Å². The third-order valence-corrected chi connectivity index (χ3v) is 25.4. The van der Waals surface area contributed by atoms with Crippen LogP contribution in [0.5, 0.6) is 0 Å². The van der Waals surface area contributed by atoms with E-state index >= 15 is 0 Å². The monoisotopic (exact) mass is 2050 g/mol. The number of rotatable bonds is 37. The summed E-state index contributed by atoms with van der Waals surface area (Å²) in [5, 5.41) is 344. The summed E-state index contributed by atoms with van der Waals surface area (Å²) in [5.41, 5.74) is 0. The molecule has 0 radical (unpaired) electrons. The molecule has 55 atom stereocenters. The van der Waals surface area contributed by atoms with Crippen molar-refractivity contribution in [3.05, 3.63) is 0 Å². The van der Waals surface area contributed by atoms with Crippen LogP contribution in [0.3, 0.4) is 0 Å². The number of aliphatic hydroxyl groups excluding tert-OH is 29. The van der Waals surface area contributed by atoms with Crippen LogP contribution in [0.4, 0.5) is 0 Å². The summed E-state index contributed by atoms with van der Waals surface area (Å²) in [4.78, 5) is 78.9. The average molecular weight is 2050 g/mol. The molecule has 62 nitrogen and oxygen atoms in total. The highest BCUT2D eigenvalue weighted by atomic mass is 16.8. The van der Waals surface area contributed by atoms with Crippen LogP contribution in [0.25, 0.3) is 0 Å². The highest BCUT2D eigenvalue weighted by Crippen LogP contribution is 2.43. The van der Waals surface area contributed by atoms with Crippen LogP contribution < -0.4 is 31.9 Å². The Morgan fingerprint density at radius 3 is 0.729 bits per heavy atom. The van der Waals surface area contributed by atoms with Gasteiger partial charge in [0.1, 0.15) is 268 Å². The van der Waals surface area contributed by atoms with Gasteiger partial charge in [-0.3, -0.25) is 28.8 Å². The van der Waals surface area contributed by atoms with Crippen molar-refractivity contribution >= 4 is 35.4 Å². The minimum Gasteiger partial charge on any atom is -0.394 e. The summed E-state index contributed by atoms with van der Waals surface area (Å²) in [6.07, 6.45) is -110. The van der Waals surface area contributed by atoms with E-state index in [0.29, 0.717) is 0 Å². The first-order valence-corrected chi connectivity index (χ1v) is 44.6. The van der Waals surface area contributed by atoms with Gasteiger partial charge in [-0.1, -0.05) is 0 Å². The normalized spacial score (nSPS) is 48.1. The van der Waals surface area contributed by atoms with E-state index in [-0.39, 0.29) is 0 Å². The van der Waals surface area contributed by atoms with Gasteiger partial charge < -0.3 is 279 Å². The smallest absolute Gasteiger partial charge is 0.217 e. The van der Waals surface area contributed by atoms with E-state index in [0.717, 1.165) is 41.5 Å². The second-order valence-electron chi connectivity index (χ2n) is 35.2. The third-order valence-electron chi connectivity index (χ3n) is 25.4. The van der Waals surface area contributed by atoms with Crippen molar-refractivity contribution in [3.63, 3.8) is 0 Å². The molecule has 11 aliphatic rings. The maximum atomic E-state index is 13.7. The lowest BCUT2D eigenvalue weighted by atomic mass is 9.93. The Morgan fingerprint density at radius 1 is 0.186 bits per heavy atom. The Balaban J connectivity index is 1.08. The summed E-state index contributed by atoms with van der Waals surface area (Å²) in [6, 6.07) is -12.2. The zero-order valence-corrected chi connectivity index (χ0v) is 75.5. The summed E-state index contributed by atoms with van der Waals surface area (Å²) in [7, 11) is 0. The van der Waals surface area contributed by atoms with Gasteiger partial charge in [-0.25, -0.2) is 0 Å². The molecule has 0 bridgehead atoms. The van der Waals surface area contributed by atoms with E-state index in [1.807, 2.05) is 0 Å². The van der Waals surface area contributed by atoms with Gasteiger partial charge in [-0.15, -0.1) is 0 Å². The predicted molar refractivity (Wildman–Crippen MR) is 432 cm³/mol. The van der Waals surface area contributed by atoms with E-state index in [1.54, 1.807) is 0 Å². The maximum Gasteiger partial charge on any atom is 0.217 e. The first-order valence-electron chi connectivity index (χ1n) is 44.6. The van der Waals surface area contributed by atoms with Crippen LogP contribution in [0.2, 0.25) is 0 Å². The molecule has 0 spiro atoms. The lowest BCUT2D eigenvalue weighted by Crippen LogP contribution is -2.72. The number of carbonyl (C=O) groups excluding carboxylic acids is 6. The Morgan fingerprint density at radius 2 is 0.400 bits per heavy atom. The quantitative estimate of drug-likeness (QED) is 0.0275. The molecule has 11 rings (SSSR count). The van der Waals surface area contributed by atoms with Crippen molar-refractivity contribution < 1.29 is 276 Å². The van der Waals surface area contributed by atoms with E-state index < -0.39 is 446 Å². The lowest BCUT2D eigenvalue weighted by molar-refractivity contribution is -0.414. The topological polar surface area (TPSA) is 955 Å². The molecule has 0 aliphatic carbocycles.